The van der Waals surface area contributed by atoms with Crippen molar-refractivity contribution < 1.29 is 0 Å². The van der Waals surface area contributed by atoms with Gasteiger partial charge in [0.05, 0.1) is 17.8 Å². The number of thiazole rings is 1. The summed E-state index contributed by atoms with van der Waals surface area (Å²) in [6.07, 6.45) is 1.91. The van der Waals surface area contributed by atoms with Crippen molar-refractivity contribution in [3.8, 4) is 6.07 Å². The molecule has 0 radical (unpaired) electrons. The molecule has 0 atom stereocenters. The highest BCUT2D eigenvalue weighted by Crippen LogP contribution is 2.24. The molecule has 2 aromatic rings. The van der Waals surface area contributed by atoms with Gasteiger partial charge in [0, 0.05) is 24.2 Å². The highest BCUT2D eigenvalue weighted by Gasteiger charge is 2.09. The van der Waals surface area contributed by atoms with Gasteiger partial charge in [0.25, 0.3) is 0 Å². The highest BCUT2D eigenvalue weighted by atomic mass is 32.1. The zero-order chi connectivity index (χ0) is 15.2. The SMILES string of the molecule is CCN(CC)c1ncc(CNc2cccc(C)c2C#N)s1. The molecule has 5 heteroatoms. The molecule has 110 valence electrons. The van der Waals surface area contributed by atoms with Crippen molar-refractivity contribution in [2.24, 2.45) is 0 Å². The number of hydrogen-bond donors (Lipinski definition) is 1. The minimum Gasteiger partial charge on any atom is -0.379 e. The fourth-order valence-electron chi connectivity index (χ4n) is 2.17. The first-order chi connectivity index (χ1) is 10.2. The Bertz CT molecular complexity index is 638. The fourth-order valence-corrected chi connectivity index (χ4v) is 3.14. The van der Waals surface area contributed by atoms with Gasteiger partial charge >= 0.3 is 0 Å². The summed E-state index contributed by atoms with van der Waals surface area (Å²) in [7, 11) is 0. The lowest BCUT2D eigenvalue weighted by molar-refractivity contribution is 0.860. The maximum Gasteiger partial charge on any atom is 0.185 e. The third kappa shape index (κ3) is 3.53. The number of nitrogens with zero attached hydrogens (tertiary/aromatic N) is 3. The standard InChI is InChI=1S/C16H20N4S/c1-4-20(5-2)16-19-11-13(21-16)10-18-15-8-6-7-12(3)14(15)9-17/h6-8,11,18H,4-5,10H2,1-3H3. The summed E-state index contributed by atoms with van der Waals surface area (Å²) in [5.74, 6) is 0. The van der Waals surface area contributed by atoms with Crippen LogP contribution in [0.4, 0.5) is 10.8 Å². The molecule has 2 rings (SSSR count). The van der Waals surface area contributed by atoms with Crippen LogP contribution in [-0.4, -0.2) is 18.1 Å². The van der Waals surface area contributed by atoms with Gasteiger partial charge in [0.1, 0.15) is 6.07 Å². The second-order valence-corrected chi connectivity index (χ2v) is 5.84. The number of hydrogen-bond acceptors (Lipinski definition) is 5. The van der Waals surface area contributed by atoms with Crippen LogP contribution < -0.4 is 10.2 Å². The van der Waals surface area contributed by atoms with Crippen molar-refractivity contribution >= 4 is 22.2 Å². The van der Waals surface area contributed by atoms with Crippen LogP contribution in [-0.2, 0) is 6.54 Å². The Labute approximate surface area is 130 Å². The Hall–Kier alpha value is -2.06. The quantitative estimate of drug-likeness (QED) is 0.882. The molecule has 0 amide bonds. The first-order valence-electron chi connectivity index (χ1n) is 7.12. The Balaban J connectivity index is 2.08. The van der Waals surface area contributed by atoms with Crippen LogP contribution >= 0.6 is 11.3 Å². The van der Waals surface area contributed by atoms with Crippen LogP contribution in [0.15, 0.2) is 24.4 Å². The van der Waals surface area contributed by atoms with Crippen LogP contribution in [0.1, 0.15) is 29.9 Å². The average Bonchev–Trinajstić information content (AvgIpc) is 2.95. The molecule has 0 fully saturated rings. The zero-order valence-electron chi connectivity index (χ0n) is 12.7. The highest BCUT2D eigenvalue weighted by molar-refractivity contribution is 7.15. The molecular weight excluding hydrogens is 280 g/mol. The fraction of sp³-hybridized carbons (Fsp3) is 0.375. The van der Waals surface area contributed by atoms with Gasteiger partial charge in [-0.25, -0.2) is 4.98 Å². The van der Waals surface area contributed by atoms with Gasteiger partial charge in [-0.3, -0.25) is 0 Å². The number of nitriles is 1. The molecule has 1 N–H and O–H groups in total. The van der Waals surface area contributed by atoms with E-state index in [1.54, 1.807) is 11.3 Å². The van der Waals surface area contributed by atoms with E-state index < -0.39 is 0 Å². The summed E-state index contributed by atoms with van der Waals surface area (Å²) in [6, 6.07) is 8.12. The molecule has 0 aliphatic carbocycles. The normalized spacial score (nSPS) is 10.2. The van der Waals surface area contributed by atoms with Gasteiger partial charge in [-0.2, -0.15) is 5.26 Å². The molecule has 0 unspecified atom stereocenters. The minimum atomic E-state index is 0.692. The van der Waals surface area contributed by atoms with Gasteiger partial charge in [-0.1, -0.05) is 12.1 Å². The number of aryl methyl sites for hydroxylation is 1. The lowest BCUT2D eigenvalue weighted by atomic mass is 10.1. The molecule has 21 heavy (non-hydrogen) atoms. The first-order valence-corrected chi connectivity index (χ1v) is 7.94. The van der Waals surface area contributed by atoms with Gasteiger partial charge in [-0.05, 0) is 32.4 Å². The third-order valence-electron chi connectivity index (χ3n) is 3.41. The van der Waals surface area contributed by atoms with Crippen molar-refractivity contribution in [1.29, 1.82) is 5.26 Å². The van der Waals surface area contributed by atoms with E-state index >= 15 is 0 Å². The van der Waals surface area contributed by atoms with E-state index in [1.807, 2.05) is 31.3 Å². The molecule has 0 aliphatic rings. The van der Waals surface area contributed by atoms with Gasteiger partial charge < -0.3 is 10.2 Å². The minimum absolute atomic E-state index is 0.692. The summed E-state index contributed by atoms with van der Waals surface area (Å²) in [5.41, 5.74) is 2.59. The Morgan fingerprint density at radius 1 is 1.33 bits per heavy atom. The van der Waals surface area contributed by atoms with E-state index in [-0.39, 0.29) is 0 Å². The Morgan fingerprint density at radius 3 is 2.76 bits per heavy atom. The lowest BCUT2D eigenvalue weighted by Gasteiger charge is -2.16. The van der Waals surface area contributed by atoms with Gasteiger partial charge in [0.15, 0.2) is 5.13 Å². The van der Waals surface area contributed by atoms with Crippen LogP contribution in [0.5, 0.6) is 0 Å². The molecular formula is C16H20N4S. The number of rotatable bonds is 6. The maximum absolute atomic E-state index is 9.23. The predicted octanol–water partition coefficient (Wildman–Crippen LogP) is 3.78. The number of benzene rings is 1. The Kier molecular flexibility index (Phi) is 5.18. The average molecular weight is 300 g/mol. The zero-order valence-corrected chi connectivity index (χ0v) is 13.5. The molecule has 4 nitrogen and oxygen atoms in total. The van der Waals surface area contributed by atoms with Gasteiger partial charge in [0.2, 0.25) is 0 Å². The Morgan fingerprint density at radius 2 is 2.10 bits per heavy atom. The molecule has 0 spiro atoms. The van der Waals surface area contributed by atoms with E-state index in [2.05, 4.69) is 35.1 Å². The first kappa shape index (κ1) is 15.3. The molecule has 1 aromatic heterocycles. The van der Waals surface area contributed by atoms with Gasteiger partial charge in [-0.15, -0.1) is 11.3 Å². The molecule has 0 saturated carbocycles. The largest absolute Gasteiger partial charge is 0.379 e. The maximum atomic E-state index is 9.23. The van der Waals surface area contributed by atoms with E-state index in [1.165, 1.54) is 4.88 Å². The molecule has 0 bridgehead atoms. The third-order valence-corrected chi connectivity index (χ3v) is 4.47. The monoisotopic (exact) mass is 300 g/mol. The summed E-state index contributed by atoms with van der Waals surface area (Å²) in [4.78, 5) is 7.88. The number of nitrogens with one attached hydrogen (secondary N) is 1. The number of aromatic nitrogens is 1. The molecule has 0 aliphatic heterocycles. The van der Waals surface area contributed by atoms with Crippen LogP contribution in [0, 0.1) is 18.3 Å². The van der Waals surface area contributed by atoms with E-state index in [4.69, 9.17) is 0 Å². The summed E-state index contributed by atoms with van der Waals surface area (Å²) < 4.78 is 0. The summed E-state index contributed by atoms with van der Waals surface area (Å²) in [5, 5.41) is 13.6. The van der Waals surface area contributed by atoms with Crippen molar-refractivity contribution in [3.63, 3.8) is 0 Å². The summed E-state index contributed by atoms with van der Waals surface area (Å²) >= 11 is 1.70. The lowest BCUT2D eigenvalue weighted by Crippen LogP contribution is -2.21. The number of anilines is 2. The van der Waals surface area contributed by atoms with E-state index in [9.17, 15) is 5.26 Å². The predicted molar refractivity (Wildman–Crippen MR) is 88.9 cm³/mol. The molecule has 1 heterocycles. The van der Waals surface area contributed by atoms with E-state index in [0.29, 0.717) is 12.1 Å². The second-order valence-electron chi connectivity index (χ2n) is 4.74. The van der Waals surface area contributed by atoms with Crippen molar-refractivity contribution in [1.82, 2.24) is 4.98 Å². The summed E-state index contributed by atoms with van der Waals surface area (Å²) in [6.45, 7) is 8.84. The van der Waals surface area contributed by atoms with Crippen molar-refractivity contribution in [3.05, 3.63) is 40.4 Å². The second kappa shape index (κ2) is 7.09. The van der Waals surface area contributed by atoms with Crippen molar-refractivity contribution in [2.75, 3.05) is 23.3 Å². The van der Waals surface area contributed by atoms with E-state index in [0.717, 1.165) is 29.5 Å². The molecule has 1 aromatic carbocycles. The van der Waals surface area contributed by atoms with Crippen molar-refractivity contribution in [2.45, 2.75) is 27.3 Å². The van der Waals surface area contributed by atoms with Crippen LogP contribution in [0.25, 0.3) is 0 Å². The molecule has 0 saturated heterocycles. The topological polar surface area (TPSA) is 52.0 Å². The van der Waals surface area contributed by atoms with Crippen LogP contribution in [0.3, 0.4) is 0 Å². The smallest absolute Gasteiger partial charge is 0.185 e. The van der Waals surface area contributed by atoms with Crippen LogP contribution in [0.2, 0.25) is 0 Å².